The van der Waals surface area contributed by atoms with Crippen LogP contribution in [-0.4, -0.2) is 124 Å². The number of nitrogens with zero attached hydrogens (tertiary/aromatic N) is 1. The number of aliphatic hydroxyl groups excluding tert-OH is 3. The minimum absolute atomic E-state index is 0.0917. The van der Waals surface area contributed by atoms with Gasteiger partial charge in [-0.2, -0.15) is 0 Å². The van der Waals surface area contributed by atoms with Crippen LogP contribution >= 0.6 is 0 Å². The van der Waals surface area contributed by atoms with Crippen molar-refractivity contribution in [2.75, 3.05) is 25.0 Å². The molecule has 0 saturated carbocycles. The van der Waals surface area contributed by atoms with E-state index in [1.54, 1.807) is 13.8 Å². The number of amides is 8. The van der Waals surface area contributed by atoms with Crippen LogP contribution in [0.2, 0.25) is 0 Å². The number of anilines is 1. The van der Waals surface area contributed by atoms with E-state index in [4.69, 9.17) is 20.3 Å². The second-order valence-corrected chi connectivity index (χ2v) is 13.4. The highest BCUT2D eigenvalue weighted by molar-refractivity contribution is 6.12. The summed E-state index contributed by atoms with van der Waals surface area (Å²) in [4.78, 5) is 87.5. The Kier molecular flexibility index (Phi) is 17.4. The molecule has 1 saturated heterocycles. The molecule has 7 atom stereocenters. The smallest absolute Gasteiger partial charge is 0.407 e. The number of ether oxygens (including phenoxy) is 2. The Bertz CT molecular complexity index is 1530. The standard InChI is InChI=1S/C35H50FN7O12/c1-19(2)28(41-24(45)8-4-3-5-16-43-25(46)13-14-26(43)47)32(50)40-22(7-6-15-38-34(37)52)31(49)39-21-11-9-20(10-12-21)18-54-35(53)42-29-30(48)27(36)23(17-44)55-33(29)51/h9-14,19,22-23,27-30,33,44,48,51H,3-8,15-18H2,1-2H3,(H,39,49)(H,40,50)(H,41,45)(H,42,53)(H3,37,38,52)/t22?,23-,27-,28?,29-,30+,33?/m1/s1. The van der Waals surface area contributed by atoms with Gasteiger partial charge in [0.2, 0.25) is 17.7 Å². The molecule has 8 amide bonds. The molecular formula is C35H50FN7O12. The molecule has 1 aromatic carbocycles. The molecule has 19 nitrogen and oxygen atoms in total. The van der Waals surface area contributed by atoms with Crippen LogP contribution in [0.15, 0.2) is 36.4 Å². The van der Waals surface area contributed by atoms with Crippen molar-refractivity contribution in [3.63, 3.8) is 0 Å². The van der Waals surface area contributed by atoms with Gasteiger partial charge in [0.1, 0.15) is 36.9 Å². The Hall–Kier alpha value is -5.18. The summed E-state index contributed by atoms with van der Waals surface area (Å²) in [6.45, 7) is 2.75. The van der Waals surface area contributed by atoms with Gasteiger partial charge in [-0.3, -0.25) is 28.9 Å². The highest BCUT2D eigenvalue weighted by atomic mass is 19.1. The van der Waals surface area contributed by atoms with Crippen LogP contribution in [0.4, 0.5) is 19.7 Å². The largest absolute Gasteiger partial charge is 0.445 e. The predicted molar refractivity (Wildman–Crippen MR) is 191 cm³/mol. The quantitative estimate of drug-likeness (QED) is 0.0580. The van der Waals surface area contributed by atoms with Crippen LogP contribution in [0.5, 0.6) is 0 Å². The molecule has 2 aliphatic rings. The Morgan fingerprint density at radius 1 is 0.964 bits per heavy atom. The van der Waals surface area contributed by atoms with Gasteiger partial charge in [0.15, 0.2) is 12.5 Å². The minimum atomic E-state index is -2.07. The molecule has 1 fully saturated rings. The van der Waals surface area contributed by atoms with Gasteiger partial charge in [0.25, 0.3) is 11.8 Å². The molecule has 10 N–H and O–H groups in total. The fourth-order valence-corrected chi connectivity index (χ4v) is 5.68. The average Bonchev–Trinajstić information content (AvgIpc) is 3.46. The maximum Gasteiger partial charge on any atom is 0.407 e. The molecule has 1 aromatic rings. The number of hydrogen-bond acceptors (Lipinski definition) is 12. The number of imide groups is 1. The molecule has 0 radical (unpaired) electrons. The number of urea groups is 1. The maximum absolute atomic E-state index is 14.2. The number of benzene rings is 1. The molecule has 0 bridgehead atoms. The number of rotatable bonds is 20. The van der Waals surface area contributed by atoms with Crippen molar-refractivity contribution in [1.82, 2.24) is 26.2 Å². The van der Waals surface area contributed by atoms with Crippen LogP contribution in [0.1, 0.15) is 57.9 Å². The van der Waals surface area contributed by atoms with E-state index in [2.05, 4.69) is 26.6 Å². The summed E-state index contributed by atoms with van der Waals surface area (Å²) in [5.41, 5.74) is 5.91. The van der Waals surface area contributed by atoms with Gasteiger partial charge in [-0.25, -0.2) is 14.0 Å². The maximum atomic E-state index is 14.2. The second-order valence-electron chi connectivity index (χ2n) is 13.4. The lowest BCUT2D eigenvalue weighted by Gasteiger charge is -2.38. The zero-order valence-electron chi connectivity index (χ0n) is 30.6. The van der Waals surface area contributed by atoms with Crippen molar-refractivity contribution >= 4 is 47.3 Å². The Labute approximate surface area is 316 Å². The molecule has 304 valence electrons. The van der Waals surface area contributed by atoms with Crippen molar-refractivity contribution in [3.8, 4) is 0 Å². The summed E-state index contributed by atoms with van der Waals surface area (Å²) in [6, 6.07) is 1.66. The SMILES string of the molecule is CC(C)C(NC(=O)CCCCCN1C(=O)C=CC1=O)C(=O)NC(CCCNC(N)=O)C(=O)Nc1ccc(COC(=O)N[C@H]2C(O)O[C@H](CO)[C@@H](F)[C@@H]2O)cc1. The average molecular weight is 780 g/mol. The first-order valence-corrected chi connectivity index (χ1v) is 17.9. The van der Waals surface area contributed by atoms with Crippen LogP contribution in [0.3, 0.4) is 0 Å². The van der Waals surface area contributed by atoms with Crippen LogP contribution < -0.4 is 32.3 Å². The van der Waals surface area contributed by atoms with E-state index in [-0.39, 0.29) is 62.6 Å². The molecule has 2 aliphatic heterocycles. The molecule has 0 spiro atoms. The Balaban J connectivity index is 1.52. The van der Waals surface area contributed by atoms with Gasteiger partial charge in [-0.15, -0.1) is 0 Å². The van der Waals surface area contributed by atoms with Crippen molar-refractivity contribution in [2.45, 2.75) is 102 Å². The molecular weight excluding hydrogens is 729 g/mol. The lowest BCUT2D eigenvalue weighted by Crippen LogP contribution is -2.63. The van der Waals surface area contributed by atoms with Crippen molar-refractivity contribution in [2.24, 2.45) is 11.7 Å². The lowest BCUT2D eigenvalue weighted by atomic mass is 9.98. The highest BCUT2D eigenvalue weighted by Crippen LogP contribution is 2.22. The number of nitrogens with two attached hydrogens (primary N) is 1. The number of carbonyl (C=O) groups is 7. The first-order chi connectivity index (χ1) is 26.1. The summed E-state index contributed by atoms with van der Waals surface area (Å²) in [5.74, 6) is -2.69. The molecule has 3 unspecified atom stereocenters. The number of unbranched alkanes of at least 4 members (excludes halogenated alkanes) is 2. The van der Waals surface area contributed by atoms with Crippen molar-refractivity contribution < 1.29 is 62.7 Å². The molecule has 55 heavy (non-hydrogen) atoms. The van der Waals surface area contributed by atoms with Crippen molar-refractivity contribution in [3.05, 3.63) is 42.0 Å². The minimum Gasteiger partial charge on any atom is -0.445 e. The molecule has 2 heterocycles. The van der Waals surface area contributed by atoms with Gasteiger partial charge < -0.3 is 57.1 Å². The van der Waals surface area contributed by atoms with E-state index < -0.39 is 73.3 Å². The van der Waals surface area contributed by atoms with Gasteiger partial charge in [-0.05, 0) is 49.3 Å². The Morgan fingerprint density at radius 2 is 1.64 bits per heavy atom. The van der Waals surface area contributed by atoms with E-state index in [9.17, 15) is 48.2 Å². The van der Waals surface area contributed by atoms with Crippen LogP contribution in [-0.2, 0) is 40.1 Å². The molecule has 0 aliphatic carbocycles. The van der Waals surface area contributed by atoms with Gasteiger partial charge in [-0.1, -0.05) is 32.4 Å². The molecule has 3 rings (SSSR count). The number of alkyl halides is 1. The van der Waals surface area contributed by atoms with E-state index in [1.165, 1.54) is 36.4 Å². The van der Waals surface area contributed by atoms with Gasteiger partial charge in [0.05, 0.1) is 6.61 Å². The predicted octanol–water partition coefficient (Wildman–Crippen LogP) is -0.812. The first kappa shape index (κ1) is 44.2. The molecule has 20 heteroatoms. The summed E-state index contributed by atoms with van der Waals surface area (Å²) < 4.78 is 24.2. The second kappa shape index (κ2) is 21.6. The number of alkyl carbamates (subject to hydrolysis) is 1. The van der Waals surface area contributed by atoms with E-state index in [0.717, 1.165) is 4.90 Å². The van der Waals surface area contributed by atoms with Gasteiger partial charge >= 0.3 is 12.1 Å². The summed E-state index contributed by atoms with van der Waals surface area (Å²) in [5, 5.41) is 41.8. The number of nitrogens with one attached hydrogen (secondary N) is 5. The topological polar surface area (TPSA) is 288 Å². The van der Waals surface area contributed by atoms with Crippen LogP contribution in [0.25, 0.3) is 0 Å². The normalized spacial score (nSPS) is 21.8. The van der Waals surface area contributed by atoms with Crippen LogP contribution in [0, 0.1) is 5.92 Å². The van der Waals surface area contributed by atoms with E-state index >= 15 is 0 Å². The number of hydrogen-bond donors (Lipinski definition) is 9. The third-order valence-electron chi connectivity index (χ3n) is 8.78. The fourth-order valence-electron chi connectivity index (χ4n) is 5.68. The monoisotopic (exact) mass is 779 g/mol. The summed E-state index contributed by atoms with van der Waals surface area (Å²) in [6.07, 6.45) is -3.90. The molecule has 0 aromatic heterocycles. The third kappa shape index (κ3) is 13.9. The zero-order chi connectivity index (χ0) is 40.7. The van der Waals surface area contributed by atoms with Crippen molar-refractivity contribution in [1.29, 1.82) is 0 Å². The Morgan fingerprint density at radius 3 is 2.25 bits per heavy atom. The summed E-state index contributed by atoms with van der Waals surface area (Å²) in [7, 11) is 0. The zero-order valence-corrected chi connectivity index (χ0v) is 30.6. The summed E-state index contributed by atoms with van der Waals surface area (Å²) >= 11 is 0. The number of halogens is 1. The number of primary amides is 1. The first-order valence-electron chi connectivity index (χ1n) is 17.9. The number of carbonyl (C=O) groups excluding carboxylic acids is 7. The lowest BCUT2D eigenvalue weighted by molar-refractivity contribution is -0.239. The third-order valence-corrected chi connectivity index (χ3v) is 8.78. The van der Waals surface area contributed by atoms with E-state index in [0.29, 0.717) is 30.5 Å². The fraction of sp³-hybridized carbons (Fsp3) is 0.571. The highest BCUT2D eigenvalue weighted by Gasteiger charge is 2.45. The van der Waals surface area contributed by atoms with E-state index in [1.807, 2.05) is 0 Å². The number of aliphatic hydroxyl groups is 3. The van der Waals surface area contributed by atoms with Gasteiger partial charge in [0, 0.05) is 37.3 Å².